The Labute approximate surface area is 128 Å². The van der Waals surface area contributed by atoms with Crippen LogP contribution < -0.4 is 4.84 Å². The maximum absolute atomic E-state index is 11.3. The summed E-state index contributed by atoms with van der Waals surface area (Å²) in [5.41, 5.74) is 0. The molecule has 21 heavy (non-hydrogen) atoms. The molecular formula is C11H15NO7S2. The normalized spacial score (nSPS) is 10.1. The summed E-state index contributed by atoms with van der Waals surface area (Å²) in [6.45, 7) is 1.78. The van der Waals surface area contributed by atoms with Crippen LogP contribution in [0.1, 0.15) is 6.92 Å². The highest BCUT2D eigenvalue weighted by molar-refractivity contribution is 8.76. The predicted octanol–water partition coefficient (Wildman–Crippen LogP) is 1.41. The molecule has 1 aromatic heterocycles. The van der Waals surface area contributed by atoms with E-state index in [9.17, 15) is 19.8 Å². The van der Waals surface area contributed by atoms with Gasteiger partial charge in [0.2, 0.25) is 11.8 Å². The molecule has 0 saturated carbocycles. The van der Waals surface area contributed by atoms with Gasteiger partial charge in [0.1, 0.15) is 13.2 Å². The van der Waals surface area contributed by atoms with E-state index >= 15 is 0 Å². The van der Waals surface area contributed by atoms with Crippen molar-refractivity contribution >= 4 is 33.7 Å². The molecule has 0 amide bonds. The van der Waals surface area contributed by atoms with Gasteiger partial charge in [0.15, 0.2) is 0 Å². The first-order chi connectivity index (χ1) is 10.0. The summed E-state index contributed by atoms with van der Waals surface area (Å²) in [5.74, 6) is 0.00594. The number of nitrogens with zero attached hydrogens (tertiary/aromatic N) is 1. The standard InChI is InChI=1S/C11H15NO7S2/c1-8(13)17-4-6-20-21-7-5-18-11(16)19-12-9(14)2-3-10(12)15/h2-3,14-15H,4-7H2,1H3. The summed E-state index contributed by atoms with van der Waals surface area (Å²) < 4.78 is 10.0. The molecule has 0 atom stereocenters. The molecule has 0 aromatic carbocycles. The van der Waals surface area contributed by atoms with Crippen LogP contribution in [-0.4, -0.2) is 51.8 Å². The van der Waals surface area contributed by atoms with Gasteiger partial charge in [-0.3, -0.25) is 9.63 Å². The van der Waals surface area contributed by atoms with Crippen LogP contribution in [0.2, 0.25) is 0 Å². The highest BCUT2D eigenvalue weighted by Gasteiger charge is 2.12. The molecule has 0 aliphatic heterocycles. The van der Waals surface area contributed by atoms with Crippen LogP contribution in [0.3, 0.4) is 0 Å². The molecule has 0 spiro atoms. The quantitative estimate of drug-likeness (QED) is 0.413. The Balaban J connectivity index is 2.05. The summed E-state index contributed by atoms with van der Waals surface area (Å²) in [5, 5.41) is 18.5. The molecule has 0 radical (unpaired) electrons. The van der Waals surface area contributed by atoms with E-state index in [4.69, 9.17) is 9.47 Å². The molecule has 0 bridgehead atoms. The first-order valence-electron chi connectivity index (χ1n) is 5.83. The third-order valence-corrected chi connectivity index (χ3v) is 4.24. The summed E-state index contributed by atoms with van der Waals surface area (Å²) in [6.07, 6.45) is -1.04. The minimum absolute atomic E-state index is 0.104. The number of carbonyl (C=O) groups excluding carboxylic acids is 2. The van der Waals surface area contributed by atoms with Crippen molar-refractivity contribution in [2.24, 2.45) is 0 Å². The van der Waals surface area contributed by atoms with E-state index in [1.165, 1.54) is 28.5 Å². The Morgan fingerprint density at radius 3 is 2.14 bits per heavy atom. The Morgan fingerprint density at radius 1 is 1.10 bits per heavy atom. The van der Waals surface area contributed by atoms with Crippen LogP contribution in [0, 0.1) is 0 Å². The Hall–Kier alpha value is -1.68. The average molecular weight is 337 g/mol. The first-order valence-corrected chi connectivity index (χ1v) is 8.32. The fourth-order valence-electron chi connectivity index (χ4n) is 1.09. The molecule has 1 heterocycles. The van der Waals surface area contributed by atoms with E-state index in [0.717, 1.165) is 12.1 Å². The van der Waals surface area contributed by atoms with Gasteiger partial charge in [-0.1, -0.05) is 21.6 Å². The third-order valence-electron chi connectivity index (χ3n) is 1.91. The fourth-order valence-corrected chi connectivity index (χ4v) is 2.75. The zero-order valence-electron chi connectivity index (χ0n) is 11.2. The molecule has 0 aliphatic rings. The van der Waals surface area contributed by atoms with Gasteiger partial charge in [0.05, 0.1) is 0 Å². The van der Waals surface area contributed by atoms with E-state index in [1.54, 1.807) is 0 Å². The van der Waals surface area contributed by atoms with Crippen molar-refractivity contribution < 1.29 is 34.1 Å². The number of carbonyl (C=O) groups is 2. The molecule has 8 nitrogen and oxygen atoms in total. The summed E-state index contributed by atoms with van der Waals surface area (Å²) in [7, 11) is 2.93. The van der Waals surface area contributed by atoms with Gasteiger partial charge in [-0.25, -0.2) is 4.79 Å². The van der Waals surface area contributed by atoms with Crippen molar-refractivity contribution in [3.63, 3.8) is 0 Å². The minimum Gasteiger partial charge on any atom is -0.492 e. The Kier molecular flexibility index (Phi) is 7.69. The van der Waals surface area contributed by atoms with Crippen LogP contribution in [0.15, 0.2) is 12.1 Å². The van der Waals surface area contributed by atoms with Gasteiger partial charge in [0.25, 0.3) is 0 Å². The lowest BCUT2D eigenvalue weighted by Crippen LogP contribution is -2.21. The van der Waals surface area contributed by atoms with Crippen LogP contribution in [-0.2, 0) is 14.3 Å². The average Bonchev–Trinajstić information content (AvgIpc) is 2.73. The maximum Gasteiger partial charge on any atom is 0.533 e. The number of hydrogen-bond donors (Lipinski definition) is 2. The SMILES string of the molecule is CC(=O)OCCSSCCOC(=O)On1c(O)ccc1O. The van der Waals surface area contributed by atoms with Crippen molar-refractivity contribution in [1.82, 2.24) is 4.73 Å². The highest BCUT2D eigenvalue weighted by atomic mass is 33.1. The van der Waals surface area contributed by atoms with E-state index in [-0.39, 0.29) is 12.6 Å². The second kappa shape index (κ2) is 9.29. The summed E-state index contributed by atoms with van der Waals surface area (Å²) in [6, 6.07) is 2.33. The molecule has 1 rings (SSSR count). The number of rotatable bonds is 8. The minimum atomic E-state index is -1.04. The molecule has 1 aromatic rings. The third kappa shape index (κ3) is 7.04. The molecule has 0 saturated heterocycles. The lowest BCUT2D eigenvalue weighted by molar-refractivity contribution is -0.140. The number of hydrogen-bond acceptors (Lipinski definition) is 9. The van der Waals surface area contributed by atoms with E-state index in [2.05, 4.69) is 4.84 Å². The fraction of sp³-hybridized carbons (Fsp3) is 0.455. The van der Waals surface area contributed by atoms with E-state index < -0.39 is 17.9 Å². The Bertz CT molecular complexity index is 458. The second-order valence-corrected chi connectivity index (χ2v) is 6.22. The molecule has 0 aliphatic carbocycles. The van der Waals surface area contributed by atoms with Gasteiger partial charge in [0, 0.05) is 30.6 Å². The zero-order chi connectivity index (χ0) is 15.7. The van der Waals surface area contributed by atoms with Crippen molar-refractivity contribution in [2.75, 3.05) is 24.7 Å². The van der Waals surface area contributed by atoms with Crippen LogP contribution >= 0.6 is 21.6 Å². The topological polar surface area (TPSA) is 107 Å². The Morgan fingerprint density at radius 2 is 1.62 bits per heavy atom. The summed E-state index contributed by atoms with van der Waals surface area (Å²) >= 11 is 0. The van der Waals surface area contributed by atoms with Crippen molar-refractivity contribution in [2.45, 2.75) is 6.92 Å². The van der Waals surface area contributed by atoms with Gasteiger partial charge in [-0.05, 0) is 0 Å². The number of aromatic hydroxyl groups is 2. The van der Waals surface area contributed by atoms with Crippen molar-refractivity contribution in [3.8, 4) is 11.8 Å². The molecule has 0 fully saturated rings. The lowest BCUT2D eigenvalue weighted by atomic mass is 10.6. The smallest absolute Gasteiger partial charge is 0.492 e. The highest BCUT2D eigenvalue weighted by Crippen LogP contribution is 2.21. The number of esters is 1. The van der Waals surface area contributed by atoms with Crippen LogP contribution in [0.25, 0.3) is 0 Å². The van der Waals surface area contributed by atoms with E-state index in [1.807, 2.05) is 0 Å². The van der Waals surface area contributed by atoms with Crippen molar-refractivity contribution in [1.29, 1.82) is 0 Å². The number of aromatic nitrogens is 1. The molecular weight excluding hydrogens is 322 g/mol. The van der Waals surface area contributed by atoms with Crippen LogP contribution in [0.4, 0.5) is 4.79 Å². The number of ether oxygens (including phenoxy) is 2. The van der Waals surface area contributed by atoms with Crippen molar-refractivity contribution in [3.05, 3.63) is 12.1 Å². The molecule has 118 valence electrons. The van der Waals surface area contributed by atoms with Gasteiger partial charge >= 0.3 is 12.1 Å². The van der Waals surface area contributed by atoms with Gasteiger partial charge in [-0.15, -0.1) is 4.73 Å². The predicted molar refractivity (Wildman–Crippen MR) is 77.2 cm³/mol. The van der Waals surface area contributed by atoms with Gasteiger partial charge in [-0.2, -0.15) is 0 Å². The lowest BCUT2D eigenvalue weighted by Gasteiger charge is -2.07. The second-order valence-electron chi connectivity index (χ2n) is 3.52. The van der Waals surface area contributed by atoms with E-state index in [0.29, 0.717) is 22.8 Å². The molecule has 0 unspecified atom stereocenters. The van der Waals surface area contributed by atoms with Gasteiger partial charge < -0.3 is 19.7 Å². The maximum atomic E-state index is 11.3. The molecule has 10 heteroatoms. The summed E-state index contributed by atoms with van der Waals surface area (Å²) in [4.78, 5) is 26.3. The largest absolute Gasteiger partial charge is 0.533 e. The monoisotopic (exact) mass is 337 g/mol. The molecule has 2 N–H and O–H groups in total. The zero-order valence-corrected chi connectivity index (χ0v) is 12.8. The first kappa shape index (κ1) is 17.4. The van der Waals surface area contributed by atoms with Crippen LogP contribution in [0.5, 0.6) is 11.8 Å².